The number of methoxy groups -OCH3 is 1. The molecule has 1 heterocycles. The second-order valence-electron chi connectivity index (χ2n) is 7.59. The maximum atomic E-state index is 12.5. The van der Waals surface area contributed by atoms with Crippen molar-refractivity contribution in [2.45, 2.75) is 20.8 Å². The van der Waals surface area contributed by atoms with E-state index < -0.39 is 0 Å². The number of nitrogens with one attached hydrogen (secondary N) is 1. The molecule has 0 saturated carbocycles. The van der Waals surface area contributed by atoms with E-state index in [0.29, 0.717) is 18.1 Å². The van der Waals surface area contributed by atoms with E-state index in [4.69, 9.17) is 9.47 Å². The topological polar surface area (TPSA) is 54.0 Å². The van der Waals surface area contributed by atoms with Gasteiger partial charge in [-0.25, -0.2) is 0 Å². The summed E-state index contributed by atoms with van der Waals surface area (Å²) in [6, 6.07) is 11.8. The van der Waals surface area contributed by atoms with Crippen molar-refractivity contribution in [3.05, 3.63) is 53.6 Å². The Bertz CT molecular complexity index is 918. The molecule has 2 aromatic rings. The Hall–Kier alpha value is -2.99. The zero-order chi connectivity index (χ0) is 22.2. The fourth-order valence-corrected chi connectivity index (χ4v) is 3.72. The lowest BCUT2D eigenvalue weighted by molar-refractivity contribution is -0.111. The number of nitrogens with zero attached hydrogens (tertiary/aromatic N) is 2. The van der Waals surface area contributed by atoms with Crippen LogP contribution in [0.1, 0.15) is 25.0 Å². The van der Waals surface area contributed by atoms with E-state index in [1.807, 2.05) is 38.1 Å². The highest BCUT2D eigenvalue weighted by molar-refractivity contribution is 6.02. The normalized spacial score (nSPS) is 14.6. The zero-order valence-corrected chi connectivity index (χ0v) is 19.0. The van der Waals surface area contributed by atoms with Gasteiger partial charge in [0.2, 0.25) is 5.91 Å². The van der Waals surface area contributed by atoms with Gasteiger partial charge < -0.3 is 24.6 Å². The Labute approximate surface area is 185 Å². The average Bonchev–Trinajstić information content (AvgIpc) is 2.79. The van der Waals surface area contributed by atoms with Gasteiger partial charge in [-0.1, -0.05) is 13.0 Å². The Kier molecular flexibility index (Phi) is 7.95. The van der Waals surface area contributed by atoms with Gasteiger partial charge >= 0.3 is 0 Å². The van der Waals surface area contributed by atoms with Crippen LogP contribution in [0.15, 0.2) is 42.5 Å². The molecular weight excluding hydrogens is 390 g/mol. The molecule has 0 atom stereocenters. The van der Waals surface area contributed by atoms with Gasteiger partial charge in [0.15, 0.2) is 11.5 Å². The number of carbonyl (C=O) groups excluding carboxylic acids is 1. The number of amides is 1. The molecule has 0 radical (unpaired) electrons. The number of carbonyl (C=O) groups is 1. The molecule has 1 amide bonds. The predicted molar refractivity (Wildman–Crippen MR) is 127 cm³/mol. The first-order valence-corrected chi connectivity index (χ1v) is 10.9. The lowest BCUT2D eigenvalue weighted by atomic mass is 10.1. The molecule has 0 spiro atoms. The van der Waals surface area contributed by atoms with E-state index in [2.05, 4.69) is 34.2 Å². The van der Waals surface area contributed by atoms with Crippen molar-refractivity contribution in [1.29, 1.82) is 0 Å². The highest BCUT2D eigenvalue weighted by atomic mass is 16.5. The minimum Gasteiger partial charge on any atom is -0.493 e. The molecule has 166 valence electrons. The predicted octanol–water partition coefficient (Wildman–Crippen LogP) is 4.20. The quantitative estimate of drug-likeness (QED) is 0.645. The van der Waals surface area contributed by atoms with Crippen LogP contribution in [0.25, 0.3) is 6.08 Å². The molecule has 2 aromatic carbocycles. The number of likely N-dealkylation sites (N-methyl/N-ethyl adjacent to an activating group) is 1. The molecule has 31 heavy (non-hydrogen) atoms. The first-order valence-electron chi connectivity index (χ1n) is 10.9. The van der Waals surface area contributed by atoms with Crippen LogP contribution in [0, 0.1) is 6.92 Å². The van der Waals surface area contributed by atoms with Crippen LogP contribution < -0.4 is 19.7 Å². The standard InChI is InChI=1S/C25H33N3O3/c1-5-27-13-15-28(16-14-27)21-9-10-22(19(3)17-21)26-25(29)12-8-20-7-11-23(30-4)24(18-20)31-6-2/h7-12,17-18H,5-6,13-16H2,1-4H3,(H,26,29)/b12-8+. The molecule has 3 rings (SSSR count). The lowest BCUT2D eigenvalue weighted by Crippen LogP contribution is -2.46. The molecule has 0 aliphatic carbocycles. The van der Waals surface area contributed by atoms with Crippen molar-refractivity contribution in [2.24, 2.45) is 0 Å². The number of benzene rings is 2. The van der Waals surface area contributed by atoms with E-state index in [1.54, 1.807) is 13.2 Å². The summed E-state index contributed by atoms with van der Waals surface area (Å²) in [6.45, 7) is 12.1. The number of rotatable bonds is 8. The lowest BCUT2D eigenvalue weighted by Gasteiger charge is -2.35. The van der Waals surface area contributed by atoms with Gasteiger partial charge in [-0.05, 0) is 67.9 Å². The van der Waals surface area contributed by atoms with Crippen LogP contribution in [0.4, 0.5) is 11.4 Å². The van der Waals surface area contributed by atoms with Crippen molar-refractivity contribution in [3.8, 4) is 11.5 Å². The van der Waals surface area contributed by atoms with Gasteiger partial charge in [0.05, 0.1) is 13.7 Å². The van der Waals surface area contributed by atoms with Gasteiger partial charge in [-0.15, -0.1) is 0 Å². The average molecular weight is 424 g/mol. The van der Waals surface area contributed by atoms with Crippen molar-refractivity contribution in [1.82, 2.24) is 4.90 Å². The van der Waals surface area contributed by atoms with Crippen molar-refractivity contribution < 1.29 is 14.3 Å². The fraction of sp³-hybridized carbons (Fsp3) is 0.400. The molecule has 1 fully saturated rings. The second kappa shape index (κ2) is 10.9. The summed E-state index contributed by atoms with van der Waals surface area (Å²) >= 11 is 0. The third-order valence-electron chi connectivity index (χ3n) is 5.57. The Morgan fingerprint density at radius 2 is 1.84 bits per heavy atom. The summed E-state index contributed by atoms with van der Waals surface area (Å²) in [6.07, 6.45) is 3.31. The molecule has 1 aliphatic rings. The number of ether oxygens (including phenoxy) is 2. The number of piperazine rings is 1. The van der Waals surface area contributed by atoms with E-state index in [-0.39, 0.29) is 5.91 Å². The highest BCUT2D eigenvalue weighted by Gasteiger charge is 2.16. The summed E-state index contributed by atoms with van der Waals surface area (Å²) in [7, 11) is 1.61. The van der Waals surface area contributed by atoms with Crippen LogP contribution >= 0.6 is 0 Å². The van der Waals surface area contributed by atoms with Gasteiger partial charge in [0.25, 0.3) is 0 Å². The maximum absolute atomic E-state index is 12.5. The number of anilines is 2. The number of hydrogen-bond acceptors (Lipinski definition) is 5. The third-order valence-corrected chi connectivity index (χ3v) is 5.57. The smallest absolute Gasteiger partial charge is 0.248 e. The summed E-state index contributed by atoms with van der Waals surface area (Å²) in [4.78, 5) is 17.3. The van der Waals surface area contributed by atoms with Crippen LogP contribution in [0.3, 0.4) is 0 Å². The monoisotopic (exact) mass is 423 g/mol. The van der Waals surface area contributed by atoms with Crippen LogP contribution in [0.5, 0.6) is 11.5 Å². The van der Waals surface area contributed by atoms with E-state index in [0.717, 1.165) is 49.5 Å². The minimum atomic E-state index is -0.166. The molecule has 6 nitrogen and oxygen atoms in total. The molecular formula is C25H33N3O3. The van der Waals surface area contributed by atoms with E-state index in [9.17, 15) is 4.79 Å². The SMILES string of the molecule is CCOc1cc(/C=C/C(=O)Nc2ccc(N3CCN(CC)CC3)cc2C)ccc1OC. The Balaban J connectivity index is 1.62. The second-order valence-corrected chi connectivity index (χ2v) is 7.59. The zero-order valence-electron chi connectivity index (χ0n) is 19.0. The summed E-state index contributed by atoms with van der Waals surface area (Å²) in [5, 5.41) is 2.98. The first-order chi connectivity index (χ1) is 15.0. The summed E-state index contributed by atoms with van der Waals surface area (Å²) < 4.78 is 10.9. The van der Waals surface area contributed by atoms with E-state index in [1.165, 1.54) is 11.8 Å². The summed E-state index contributed by atoms with van der Waals surface area (Å²) in [5.41, 5.74) is 3.97. The van der Waals surface area contributed by atoms with Crippen molar-refractivity contribution >= 4 is 23.4 Å². The molecule has 0 unspecified atom stereocenters. The van der Waals surface area contributed by atoms with Crippen LogP contribution in [-0.4, -0.2) is 57.2 Å². The molecule has 1 saturated heterocycles. The molecule has 0 aromatic heterocycles. The molecule has 1 N–H and O–H groups in total. The number of hydrogen-bond donors (Lipinski definition) is 1. The van der Waals surface area contributed by atoms with Crippen LogP contribution in [-0.2, 0) is 4.79 Å². The van der Waals surface area contributed by atoms with Gasteiger partial charge in [-0.3, -0.25) is 4.79 Å². The van der Waals surface area contributed by atoms with Crippen molar-refractivity contribution in [3.63, 3.8) is 0 Å². The Morgan fingerprint density at radius 1 is 1.06 bits per heavy atom. The maximum Gasteiger partial charge on any atom is 0.248 e. The molecule has 0 bridgehead atoms. The van der Waals surface area contributed by atoms with Crippen molar-refractivity contribution in [2.75, 3.05) is 56.7 Å². The first kappa shape index (κ1) is 22.7. The summed E-state index contributed by atoms with van der Waals surface area (Å²) in [5.74, 6) is 1.18. The Morgan fingerprint density at radius 3 is 2.48 bits per heavy atom. The molecule has 6 heteroatoms. The van der Waals surface area contributed by atoms with Gasteiger partial charge in [-0.2, -0.15) is 0 Å². The minimum absolute atomic E-state index is 0.166. The van der Waals surface area contributed by atoms with E-state index >= 15 is 0 Å². The third kappa shape index (κ3) is 6.01. The van der Waals surface area contributed by atoms with Crippen LogP contribution in [0.2, 0.25) is 0 Å². The van der Waals surface area contributed by atoms with Gasteiger partial charge in [0, 0.05) is 43.6 Å². The van der Waals surface area contributed by atoms with Gasteiger partial charge in [0.1, 0.15) is 0 Å². The molecule has 1 aliphatic heterocycles. The highest BCUT2D eigenvalue weighted by Crippen LogP contribution is 2.28. The number of aryl methyl sites for hydroxylation is 1. The fourth-order valence-electron chi connectivity index (χ4n) is 3.72. The largest absolute Gasteiger partial charge is 0.493 e.